The van der Waals surface area contributed by atoms with Crippen molar-refractivity contribution in [3.63, 3.8) is 0 Å². The van der Waals surface area contributed by atoms with Gasteiger partial charge in [-0.3, -0.25) is 9.59 Å². The third-order valence-corrected chi connectivity index (χ3v) is 7.97. The highest BCUT2D eigenvalue weighted by molar-refractivity contribution is 7.98. The van der Waals surface area contributed by atoms with Crippen molar-refractivity contribution in [2.75, 3.05) is 31.6 Å². The van der Waals surface area contributed by atoms with Gasteiger partial charge in [0.05, 0.1) is 4.90 Å². The second-order valence-corrected chi connectivity index (χ2v) is 11.4. The highest BCUT2D eigenvalue weighted by atomic mass is 32.2. The van der Waals surface area contributed by atoms with Crippen LogP contribution < -0.4 is 10.6 Å². The topological polar surface area (TPSA) is 95.6 Å². The van der Waals surface area contributed by atoms with Gasteiger partial charge >= 0.3 is 0 Å². The third kappa shape index (κ3) is 7.50. The summed E-state index contributed by atoms with van der Waals surface area (Å²) in [6, 6.07) is 6.25. The number of rotatable bonds is 10. The molecule has 174 valence electrons. The number of carbonyl (C=O) groups excluding carboxylic acids is 2. The van der Waals surface area contributed by atoms with Gasteiger partial charge in [0.25, 0.3) is 0 Å². The summed E-state index contributed by atoms with van der Waals surface area (Å²) in [4.78, 5) is 25.6. The van der Waals surface area contributed by atoms with Gasteiger partial charge in [-0.25, -0.2) is 8.42 Å². The van der Waals surface area contributed by atoms with Gasteiger partial charge < -0.3 is 10.6 Å². The number of aryl methyl sites for hydroxylation is 1. The summed E-state index contributed by atoms with van der Waals surface area (Å²) in [5, 5.41) is 5.80. The highest BCUT2D eigenvalue weighted by Gasteiger charge is 2.33. The summed E-state index contributed by atoms with van der Waals surface area (Å²) < 4.78 is 27.2. The summed E-state index contributed by atoms with van der Waals surface area (Å²) in [6.45, 7) is 7.12. The van der Waals surface area contributed by atoms with Crippen molar-refractivity contribution in [3.05, 3.63) is 29.8 Å². The molecule has 0 aliphatic carbocycles. The number of nitrogens with zero attached hydrogens (tertiary/aromatic N) is 1. The molecule has 0 aromatic heterocycles. The number of thioether (sulfide) groups is 1. The molecule has 1 aliphatic heterocycles. The molecule has 1 aromatic carbocycles. The number of nitrogens with one attached hydrogen (secondary N) is 2. The van der Waals surface area contributed by atoms with Gasteiger partial charge in [0.2, 0.25) is 21.8 Å². The van der Waals surface area contributed by atoms with E-state index in [1.165, 1.54) is 4.31 Å². The lowest BCUT2D eigenvalue weighted by Gasteiger charge is -2.31. The van der Waals surface area contributed by atoms with Gasteiger partial charge in [0, 0.05) is 25.6 Å². The van der Waals surface area contributed by atoms with E-state index in [0.717, 1.165) is 11.3 Å². The van der Waals surface area contributed by atoms with Gasteiger partial charge in [-0.1, -0.05) is 31.5 Å². The SMILES string of the molecule is CSCCC(NC(=O)C1CCN(S(=O)(=O)c2ccc(C)cc2)CC1)C(=O)NCC(C)C. The minimum absolute atomic E-state index is 0.157. The van der Waals surface area contributed by atoms with Gasteiger partial charge in [-0.05, 0) is 56.2 Å². The van der Waals surface area contributed by atoms with Crippen molar-refractivity contribution in [2.45, 2.75) is 51.0 Å². The summed E-state index contributed by atoms with van der Waals surface area (Å²) in [6.07, 6.45) is 3.42. The molecule has 0 spiro atoms. The molecular formula is C22H35N3O4S2. The first-order chi connectivity index (χ1) is 14.6. The highest BCUT2D eigenvalue weighted by Crippen LogP contribution is 2.24. The van der Waals surface area contributed by atoms with Crippen LogP contribution in [0.15, 0.2) is 29.2 Å². The zero-order valence-electron chi connectivity index (χ0n) is 18.9. The van der Waals surface area contributed by atoms with Crippen LogP contribution in [0.1, 0.15) is 38.7 Å². The maximum atomic E-state index is 12.9. The first-order valence-corrected chi connectivity index (χ1v) is 13.6. The minimum atomic E-state index is -3.56. The minimum Gasteiger partial charge on any atom is -0.354 e. The molecule has 2 amide bonds. The van der Waals surface area contributed by atoms with Gasteiger partial charge in [-0.15, -0.1) is 0 Å². The Balaban J connectivity index is 1.94. The Hall–Kier alpha value is -1.58. The molecule has 1 saturated heterocycles. The molecule has 1 heterocycles. The molecule has 2 rings (SSSR count). The number of carbonyl (C=O) groups is 2. The normalized spacial score (nSPS) is 16.8. The van der Waals surface area contributed by atoms with Crippen LogP contribution in [0.5, 0.6) is 0 Å². The van der Waals surface area contributed by atoms with E-state index in [1.807, 2.05) is 27.0 Å². The van der Waals surface area contributed by atoms with Crippen LogP contribution in [-0.4, -0.2) is 62.2 Å². The van der Waals surface area contributed by atoms with Crippen LogP contribution >= 0.6 is 11.8 Å². The zero-order chi connectivity index (χ0) is 23.0. The number of benzene rings is 1. The fourth-order valence-corrected chi connectivity index (χ4v) is 5.38. The Labute approximate surface area is 190 Å². The van der Waals surface area contributed by atoms with Crippen molar-refractivity contribution >= 4 is 33.6 Å². The quantitative estimate of drug-likeness (QED) is 0.549. The van der Waals surface area contributed by atoms with Crippen molar-refractivity contribution < 1.29 is 18.0 Å². The lowest BCUT2D eigenvalue weighted by molar-refractivity contribution is -0.132. The second-order valence-electron chi connectivity index (χ2n) is 8.47. The van der Waals surface area contributed by atoms with Crippen LogP contribution in [0.4, 0.5) is 0 Å². The molecule has 1 unspecified atom stereocenters. The second kappa shape index (κ2) is 11.9. The summed E-state index contributed by atoms with van der Waals surface area (Å²) in [5.74, 6) is 0.487. The number of amides is 2. The Morgan fingerprint density at radius 3 is 2.32 bits per heavy atom. The summed E-state index contributed by atoms with van der Waals surface area (Å²) >= 11 is 1.63. The molecule has 31 heavy (non-hydrogen) atoms. The molecule has 0 radical (unpaired) electrons. The molecule has 1 atom stereocenters. The standard InChI is InChI=1S/C22H35N3O4S2/c1-16(2)15-23-22(27)20(11-14-30-4)24-21(26)18-9-12-25(13-10-18)31(28,29)19-7-5-17(3)6-8-19/h5-8,16,18,20H,9-15H2,1-4H3,(H,23,27)(H,24,26). The van der Waals surface area contributed by atoms with Crippen molar-refractivity contribution in [3.8, 4) is 0 Å². The first kappa shape index (κ1) is 25.7. The monoisotopic (exact) mass is 469 g/mol. The van der Waals surface area contributed by atoms with E-state index in [9.17, 15) is 18.0 Å². The molecule has 0 bridgehead atoms. The van der Waals surface area contributed by atoms with Crippen molar-refractivity contribution in [1.29, 1.82) is 0 Å². The van der Waals surface area contributed by atoms with E-state index in [0.29, 0.717) is 44.8 Å². The average molecular weight is 470 g/mol. The van der Waals surface area contributed by atoms with Crippen LogP contribution in [0, 0.1) is 18.8 Å². The van der Waals surface area contributed by atoms with Gasteiger partial charge in [0.15, 0.2) is 0 Å². The number of sulfonamides is 1. The lowest BCUT2D eigenvalue weighted by atomic mass is 9.96. The Kier molecular flexibility index (Phi) is 9.84. The maximum absolute atomic E-state index is 12.9. The average Bonchev–Trinajstić information content (AvgIpc) is 2.75. The predicted octanol–water partition coefficient (Wildman–Crippen LogP) is 2.41. The van der Waals surface area contributed by atoms with E-state index in [2.05, 4.69) is 10.6 Å². The number of hydrogen-bond donors (Lipinski definition) is 2. The lowest BCUT2D eigenvalue weighted by Crippen LogP contribution is -2.51. The summed E-state index contributed by atoms with van der Waals surface area (Å²) in [5.41, 5.74) is 1.00. The van der Waals surface area contributed by atoms with E-state index in [1.54, 1.807) is 36.0 Å². The van der Waals surface area contributed by atoms with Crippen LogP contribution in [0.25, 0.3) is 0 Å². The van der Waals surface area contributed by atoms with Crippen molar-refractivity contribution in [1.82, 2.24) is 14.9 Å². The zero-order valence-corrected chi connectivity index (χ0v) is 20.5. The molecular weight excluding hydrogens is 434 g/mol. The Bertz CT molecular complexity index is 833. The van der Waals surface area contributed by atoms with E-state index in [4.69, 9.17) is 0 Å². The molecule has 9 heteroatoms. The Morgan fingerprint density at radius 2 is 1.77 bits per heavy atom. The van der Waals surface area contributed by atoms with Gasteiger partial charge in [0.1, 0.15) is 6.04 Å². The predicted molar refractivity (Wildman–Crippen MR) is 125 cm³/mol. The number of piperidine rings is 1. The van der Waals surface area contributed by atoms with E-state index >= 15 is 0 Å². The smallest absolute Gasteiger partial charge is 0.243 e. The molecule has 2 N–H and O–H groups in total. The summed E-state index contributed by atoms with van der Waals surface area (Å²) in [7, 11) is -3.56. The fraction of sp³-hybridized carbons (Fsp3) is 0.636. The van der Waals surface area contributed by atoms with E-state index in [-0.39, 0.29) is 22.6 Å². The molecule has 1 aromatic rings. The van der Waals surface area contributed by atoms with Crippen LogP contribution in [-0.2, 0) is 19.6 Å². The van der Waals surface area contributed by atoms with Crippen LogP contribution in [0.2, 0.25) is 0 Å². The van der Waals surface area contributed by atoms with Crippen molar-refractivity contribution in [2.24, 2.45) is 11.8 Å². The molecule has 0 saturated carbocycles. The Morgan fingerprint density at radius 1 is 1.16 bits per heavy atom. The van der Waals surface area contributed by atoms with E-state index < -0.39 is 16.1 Å². The first-order valence-electron chi connectivity index (χ1n) is 10.8. The molecule has 7 nitrogen and oxygen atoms in total. The maximum Gasteiger partial charge on any atom is 0.243 e. The molecule has 1 fully saturated rings. The number of hydrogen-bond acceptors (Lipinski definition) is 5. The third-order valence-electron chi connectivity index (χ3n) is 5.41. The fourth-order valence-electron chi connectivity index (χ4n) is 3.44. The molecule has 1 aliphatic rings. The van der Waals surface area contributed by atoms with Gasteiger partial charge in [-0.2, -0.15) is 16.1 Å². The van der Waals surface area contributed by atoms with Crippen LogP contribution in [0.3, 0.4) is 0 Å². The largest absolute Gasteiger partial charge is 0.354 e.